The minimum atomic E-state index is -0.358. The largest absolute Gasteiger partial charge is 0.457 e. The van der Waals surface area contributed by atoms with Crippen LogP contribution in [0.1, 0.15) is 18.1 Å². The van der Waals surface area contributed by atoms with Gasteiger partial charge in [0.2, 0.25) is 0 Å². The van der Waals surface area contributed by atoms with E-state index in [0.29, 0.717) is 5.57 Å². The van der Waals surface area contributed by atoms with Crippen molar-refractivity contribution in [2.24, 2.45) is 0 Å². The van der Waals surface area contributed by atoms with Crippen molar-refractivity contribution in [2.45, 2.75) is 20.5 Å². The summed E-state index contributed by atoms with van der Waals surface area (Å²) in [4.78, 5) is 11.5. The number of carbonyl (C=O) groups is 1. The first-order valence-corrected chi connectivity index (χ1v) is 6.55. The van der Waals surface area contributed by atoms with Gasteiger partial charge in [-0.15, -0.1) is 0 Å². The lowest BCUT2D eigenvalue weighted by molar-refractivity contribution is -0.140. The van der Waals surface area contributed by atoms with E-state index < -0.39 is 0 Å². The molecule has 0 radical (unpaired) electrons. The molecule has 2 rings (SSSR count). The number of aryl methyl sites for hydroxylation is 1. The third-order valence-corrected chi connectivity index (χ3v) is 3.09. The Bertz CT molecular complexity index is 624. The number of benzene rings is 2. The average Bonchev–Trinajstić information content (AvgIpc) is 2.46. The van der Waals surface area contributed by atoms with Crippen LogP contribution in [0.25, 0.3) is 11.1 Å². The van der Waals surface area contributed by atoms with Crippen molar-refractivity contribution < 1.29 is 9.53 Å². The van der Waals surface area contributed by atoms with E-state index in [1.165, 1.54) is 5.56 Å². The van der Waals surface area contributed by atoms with Crippen molar-refractivity contribution >= 4 is 5.97 Å². The summed E-state index contributed by atoms with van der Waals surface area (Å²) in [7, 11) is 0. The molecule has 0 amide bonds. The highest BCUT2D eigenvalue weighted by molar-refractivity contribution is 5.87. The zero-order chi connectivity index (χ0) is 14.5. The summed E-state index contributed by atoms with van der Waals surface area (Å²) >= 11 is 0. The second-order valence-corrected chi connectivity index (χ2v) is 4.88. The fraction of sp³-hybridized carbons (Fsp3) is 0.167. The molecule has 2 heteroatoms. The second kappa shape index (κ2) is 6.20. The summed E-state index contributed by atoms with van der Waals surface area (Å²) in [6, 6.07) is 16.2. The zero-order valence-electron chi connectivity index (χ0n) is 11.8. The highest BCUT2D eigenvalue weighted by atomic mass is 16.5. The Balaban J connectivity index is 2.24. The van der Waals surface area contributed by atoms with Gasteiger partial charge in [-0.25, -0.2) is 4.79 Å². The Morgan fingerprint density at radius 2 is 1.75 bits per heavy atom. The van der Waals surface area contributed by atoms with Gasteiger partial charge in [0, 0.05) is 5.57 Å². The molecular weight excluding hydrogens is 248 g/mol. The van der Waals surface area contributed by atoms with E-state index in [0.717, 1.165) is 16.7 Å². The first-order chi connectivity index (χ1) is 9.58. The number of hydrogen-bond acceptors (Lipinski definition) is 2. The van der Waals surface area contributed by atoms with E-state index in [1.54, 1.807) is 6.92 Å². The molecule has 0 aliphatic carbocycles. The molecule has 0 saturated heterocycles. The van der Waals surface area contributed by atoms with Gasteiger partial charge in [0.05, 0.1) is 0 Å². The summed E-state index contributed by atoms with van der Waals surface area (Å²) in [5.41, 5.74) is 4.84. The molecule has 102 valence electrons. The van der Waals surface area contributed by atoms with Crippen molar-refractivity contribution in [3.63, 3.8) is 0 Å². The molecule has 0 aliphatic heterocycles. The fourth-order valence-electron chi connectivity index (χ4n) is 1.93. The number of rotatable bonds is 4. The molecule has 0 N–H and O–H groups in total. The fourth-order valence-corrected chi connectivity index (χ4v) is 1.93. The van der Waals surface area contributed by atoms with Crippen LogP contribution in [0.3, 0.4) is 0 Å². The van der Waals surface area contributed by atoms with Gasteiger partial charge in [0.15, 0.2) is 0 Å². The van der Waals surface area contributed by atoms with E-state index in [1.807, 2.05) is 24.3 Å². The van der Waals surface area contributed by atoms with Gasteiger partial charge in [-0.3, -0.25) is 0 Å². The van der Waals surface area contributed by atoms with E-state index in [2.05, 4.69) is 37.8 Å². The molecule has 0 spiro atoms. The molecule has 2 aromatic carbocycles. The molecule has 2 nitrogen and oxygen atoms in total. The topological polar surface area (TPSA) is 26.3 Å². The van der Waals surface area contributed by atoms with Gasteiger partial charge in [-0.05, 0) is 30.5 Å². The molecule has 0 heterocycles. The van der Waals surface area contributed by atoms with Gasteiger partial charge in [-0.2, -0.15) is 0 Å². The van der Waals surface area contributed by atoms with Crippen molar-refractivity contribution in [2.75, 3.05) is 0 Å². The van der Waals surface area contributed by atoms with Crippen LogP contribution in [0.2, 0.25) is 0 Å². The highest BCUT2D eigenvalue weighted by Gasteiger charge is 2.08. The summed E-state index contributed by atoms with van der Waals surface area (Å²) in [6.45, 7) is 7.55. The minimum absolute atomic E-state index is 0.260. The van der Waals surface area contributed by atoms with E-state index in [4.69, 9.17) is 4.74 Å². The van der Waals surface area contributed by atoms with Crippen LogP contribution in [0, 0.1) is 6.92 Å². The minimum Gasteiger partial charge on any atom is -0.457 e. The molecule has 0 aliphatic rings. The quantitative estimate of drug-likeness (QED) is 0.610. The van der Waals surface area contributed by atoms with E-state index >= 15 is 0 Å². The number of hydrogen-bond donors (Lipinski definition) is 0. The van der Waals surface area contributed by atoms with Gasteiger partial charge in [0.25, 0.3) is 0 Å². The lowest BCUT2D eigenvalue weighted by Gasteiger charge is -2.10. The average molecular weight is 266 g/mol. The van der Waals surface area contributed by atoms with Crippen molar-refractivity contribution in [1.29, 1.82) is 0 Å². The Morgan fingerprint density at radius 3 is 2.40 bits per heavy atom. The molecule has 2 aromatic rings. The highest BCUT2D eigenvalue weighted by Crippen LogP contribution is 2.24. The monoisotopic (exact) mass is 266 g/mol. The van der Waals surface area contributed by atoms with Crippen molar-refractivity contribution in [3.05, 3.63) is 71.8 Å². The van der Waals surface area contributed by atoms with Gasteiger partial charge >= 0.3 is 5.97 Å². The SMILES string of the molecule is C=C(C)C(=O)OCc1ccccc1-c1ccc(C)cc1. The Kier molecular flexibility index (Phi) is 4.36. The molecule has 0 bridgehead atoms. The van der Waals surface area contributed by atoms with Crippen LogP contribution in [-0.2, 0) is 16.1 Å². The molecular formula is C18H18O2. The first kappa shape index (κ1) is 14.1. The lowest BCUT2D eigenvalue weighted by atomic mass is 9.99. The lowest BCUT2D eigenvalue weighted by Crippen LogP contribution is -2.05. The van der Waals surface area contributed by atoms with Gasteiger partial charge < -0.3 is 4.74 Å². The molecule has 0 saturated carbocycles. The normalized spacial score (nSPS) is 10.1. The number of carbonyl (C=O) groups excluding carboxylic acids is 1. The van der Waals surface area contributed by atoms with Gasteiger partial charge in [-0.1, -0.05) is 60.7 Å². The van der Waals surface area contributed by atoms with E-state index in [9.17, 15) is 4.79 Å². The molecule has 0 fully saturated rings. The first-order valence-electron chi connectivity index (χ1n) is 6.55. The van der Waals surface area contributed by atoms with E-state index in [-0.39, 0.29) is 12.6 Å². The number of esters is 1. The molecule has 0 aromatic heterocycles. The van der Waals surface area contributed by atoms with Crippen molar-refractivity contribution in [1.82, 2.24) is 0 Å². The molecule has 0 unspecified atom stereocenters. The van der Waals surface area contributed by atoms with Crippen LogP contribution in [0.15, 0.2) is 60.7 Å². The summed E-state index contributed by atoms with van der Waals surface area (Å²) < 4.78 is 5.24. The predicted octanol–water partition coefficient (Wildman–Crippen LogP) is 4.28. The maximum atomic E-state index is 11.5. The van der Waals surface area contributed by atoms with Crippen LogP contribution < -0.4 is 0 Å². The predicted molar refractivity (Wildman–Crippen MR) is 81.2 cm³/mol. The zero-order valence-corrected chi connectivity index (χ0v) is 11.8. The standard InChI is InChI=1S/C18H18O2/c1-13(2)18(19)20-12-16-6-4-5-7-17(16)15-10-8-14(3)9-11-15/h4-11H,1,12H2,2-3H3. The Hall–Kier alpha value is -2.35. The van der Waals surface area contributed by atoms with Crippen LogP contribution >= 0.6 is 0 Å². The summed E-state index contributed by atoms with van der Waals surface area (Å²) in [5.74, 6) is -0.358. The summed E-state index contributed by atoms with van der Waals surface area (Å²) in [6.07, 6.45) is 0. The maximum Gasteiger partial charge on any atom is 0.333 e. The summed E-state index contributed by atoms with van der Waals surface area (Å²) in [5, 5.41) is 0. The third kappa shape index (κ3) is 3.35. The van der Waals surface area contributed by atoms with Crippen LogP contribution in [0.4, 0.5) is 0 Å². The molecule has 20 heavy (non-hydrogen) atoms. The second-order valence-electron chi connectivity index (χ2n) is 4.88. The Labute approximate surface area is 119 Å². The van der Waals surface area contributed by atoms with Gasteiger partial charge in [0.1, 0.15) is 6.61 Å². The maximum absolute atomic E-state index is 11.5. The number of ether oxygens (including phenoxy) is 1. The smallest absolute Gasteiger partial charge is 0.333 e. The Morgan fingerprint density at radius 1 is 1.10 bits per heavy atom. The third-order valence-electron chi connectivity index (χ3n) is 3.09. The van der Waals surface area contributed by atoms with Crippen molar-refractivity contribution in [3.8, 4) is 11.1 Å². The van der Waals surface area contributed by atoms with Crippen LogP contribution in [0.5, 0.6) is 0 Å². The molecule has 0 atom stereocenters. The van der Waals surface area contributed by atoms with Crippen LogP contribution in [-0.4, -0.2) is 5.97 Å².